The molecule has 166 valence electrons. The summed E-state index contributed by atoms with van der Waals surface area (Å²) in [6.07, 6.45) is 4.14. The van der Waals surface area contributed by atoms with Crippen LogP contribution in [-0.4, -0.2) is 21.4 Å². The number of aryl methyl sites for hydroxylation is 1. The molecule has 0 saturated heterocycles. The van der Waals surface area contributed by atoms with Gasteiger partial charge in [-0.15, -0.1) is 10.2 Å². The molecule has 0 aliphatic rings. The summed E-state index contributed by atoms with van der Waals surface area (Å²) in [4.78, 5) is 0. The van der Waals surface area contributed by atoms with Crippen molar-refractivity contribution in [3.8, 4) is 11.4 Å². The zero-order valence-corrected chi connectivity index (χ0v) is 20.4. The van der Waals surface area contributed by atoms with E-state index in [4.69, 9.17) is 23.2 Å². The Hall–Kier alpha value is -1.91. The topological polar surface area (TPSA) is 30.7 Å². The van der Waals surface area contributed by atoms with Crippen molar-refractivity contribution >= 4 is 23.2 Å². The fourth-order valence-corrected chi connectivity index (χ4v) is 2.91. The minimum absolute atomic E-state index is 0.250. The van der Waals surface area contributed by atoms with Crippen LogP contribution < -0.4 is 0 Å². The molecule has 0 aliphatic carbocycles. The summed E-state index contributed by atoms with van der Waals surface area (Å²) in [7, 11) is 1.89. The number of hydrogen-bond acceptors (Lipinski definition) is 2. The quantitative estimate of drug-likeness (QED) is 0.396. The van der Waals surface area contributed by atoms with Crippen LogP contribution in [0.4, 0.5) is 4.39 Å². The van der Waals surface area contributed by atoms with Crippen molar-refractivity contribution in [2.24, 2.45) is 7.05 Å². The number of rotatable bonds is 4. The highest BCUT2D eigenvalue weighted by molar-refractivity contribution is 6.33. The van der Waals surface area contributed by atoms with Crippen molar-refractivity contribution in [1.82, 2.24) is 14.8 Å². The predicted octanol–water partition coefficient (Wildman–Crippen LogP) is 8.38. The Morgan fingerprint density at radius 1 is 1.00 bits per heavy atom. The minimum atomic E-state index is -0.250. The monoisotopic (exact) mass is 453 g/mol. The second kappa shape index (κ2) is 16.8. The Bertz CT molecular complexity index is 804. The van der Waals surface area contributed by atoms with Crippen LogP contribution in [0.25, 0.3) is 11.4 Å². The Labute approximate surface area is 191 Å². The van der Waals surface area contributed by atoms with Crippen LogP contribution in [0, 0.1) is 0 Å². The molecule has 30 heavy (non-hydrogen) atoms. The minimum Gasteiger partial charge on any atom is -0.317 e. The van der Waals surface area contributed by atoms with E-state index in [1.54, 1.807) is 6.33 Å². The van der Waals surface area contributed by atoms with E-state index in [0.29, 0.717) is 10.9 Å². The summed E-state index contributed by atoms with van der Waals surface area (Å²) in [6, 6.07) is 15.7. The molecule has 3 nitrogen and oxygen atoms in total. The molecule has 0 N–H and O–H groups in total. The van der Waals surface area contributed by atoms with Crippen LogP contribution in [-0.2, 0) is 7.05 Å². The number of aromatic nitrogens is 3. The number of halogens is 3. The van der Waals surface area contributed by atoms with Crippen LogP contribution in [0.1, 0.15) is 58.9 Å². The van der Waals surface area contributed by atoms with Gasteiger partial charge in [-0.05, 0) is 49.1 Å². The van der Waals surface area contributed by atoms with Crippen LogP contribution in [0.3, 0.4) is 0 Å². The first-order valence-electron chi connectivity index (χ1n) is 10.3. The van der Waals surface area contributed by atoms with Crippen LogP contribution >= 0.6 is 23.2 Å². The molecule has 1 atom stereocenters. The number of benzene rings is 2. The van der Waals surface area contributed by atoms with Crippen LogP contribution in [0.2, 0.25) is 10.0 Å². The third kappa shape index (κ3) is 10.2. The van der Waals surface area contributed by atoms with Crippen molar-refractivity contribution in [2.75, 3.05) is 6.67 Å². The molecule has 2 aromatic carbocycles. The summed E-state index contributed by atoms with van der Waals surface area (Å²) in [5.41, 5.74) is 2.30. The summed E-state index contributed by atoms with van der Waals surface area (Å²) in [5.74, 6) is 1.44. The average Bonchev–Trinajstić information content (AvgIpc) is 3.17. The number of alkyl halides is 1. The molecule has 0 spiro atoms. The van der Waals surface area contributed by atoms with Gasteiger partial charge < -0.3 is 4.57 Å². The number of hydrogen-bond donors (Lipinski definition) is 0. The van der Waals surface area contributed by atoms with E-state index in [9.17, 15) is 4.39 Å². The van der Waals surface area contributed by atoms with Gasteiger partial charge >= 0.3 is 0 Å². The Balaban J connectivity index is 0.000000464. The summed E-state index contributed by atoms with van der Waals surface area (Å²) in [6.45, 7) is 9.68. The lowest BCUT2D eigenvalue weighted by atomic mass is 9.97. The highest BCUT2D eigenvalue weighted by Gasteiger charge is 2.07. The summed E-state index contributed by atoms with van der Waals surface area (Å²) >= 11 is 11.8. The van der Waals surface area contributed by atoms with E-state index in [-0.39, 0.29) is 6.67 Å². The third-order valence-electron chi connectivity index (χ3n) is 3.99. The molecule has 0 amide bonds. The molecular weight excluding hydrogens is 420 g/mol. The normalized spacial score (nSPS) is 10.4. The molecule has 6 heteroatoms. The van der Waals surface area contributed by atoms with Crippen molar-refractivity contribution in [3.63, 3.8) is 0 Å². The van der Waals surface area contributed by atoms with Crippen LogP contribution in [0.15, 0.2) is 54.9 Å². The SMILES string of the molecule is CC.CCCC(C)c1ccc(Cl)cc1.CCF.Cn1cnnc1-c1ccccc1Cl. The third-order valence-corrected chi connectivity index (χ3v) is 4.57. The lowest BCUT2D eigenvalue weighted by Gasteiger charge is -2.09. The van der Waals surface area contributed by atoms with Gasteiger partial charge in [-0.1, -0.05) is 81.6 Å². The van der Waals surface area contributed by atoms with Gasteiger partial charge in [-0.3, -0.25) is 4.39 Å². The zero-order chi connectivity index (χ0) is 22.9. The Morgan fingerprint density at radius 2 is 1.57 bits per heavy atom. The Morgan fingerprint density at radius 3 is 2.03 bits per heavy atom. The largest absolute Gasteiger partial charge is 0.317 e. The van der Waals surface area contributed by atoms with E-state index in [2.05, 4.69) is 36.2 Å². The second-order valence-electron chi connectivity index (χ2n) is 6.25. The molecule has 3 aromatic rings. The van der Waals surface area contributed by atoms with Crippen molar-refractivity contribution in [1.29, 1.82) is 0 Å². The van der Waals surface area contributed by atoms with Gasteiger partial charge in [0.1, 0.15) is 6.33 Å². The van der Waals surface area contributed by atoms with E-state index in [1.807, 2.05) is 61.9 Å². The molecule has 0 radical (unpaired) electrons. The van der Waals surface area contributed by atoms with Gasteiger partial charge in [0.15, 0.2) is 5.82 Å². The maximum atomic E-state index is 10.3. The molecule has 0 fully saturated rings. The van der Waals surface area contributed by atoms with Gasteiger partial charge in [0, 0.05) is 17.6 Å². The summed E-state index contributed by atoms with van der Waals surface area (Å²) < 4.78 is 12.1. The predicted molar refractivity (Wildman–Crippen MR) is 129 cm³/mol. The fourth-order valence-electron chi connectivity index (χ4n) is 2.56. The molecular formula is C24H34Cl2FN3. The van der Waals surface area contributed by atoms with Gasteiger partial charge in [-0.2, -0.15) is 0 Å². The highest BCUT2D eigenvalue weighted by Crippen LogP contribution is 2.24. The van der Waals surface area contributed by atoms with Gasteiger partial charge in [0.2, 0.25) is 0 Å². The average molecular weight is 454 g/mol. The molecule has 0 saturated carbocycles. The smallest absolute Gasteiger partial charge is 0.164 e. The molecule has 3 rings (SSSR count). The van der Waals surface area contributed by atoms with E-state index in [0.717, 1.165) is 16.4 Å². The number of nitrogens with zero attached hydrogens (tertiary/aromatic N) is 3. The van der Waals surface area contributed by atoms with Crippen molar-refractivity contribution < 1.29 is 4.39 Å². The molecule has 0 bridgehead atoms. The van der Waals surface area contributed by atoms with Crippen LogP contribution in [0.5, 0.6) is 0 Å². The first-order valence-corrected chi connectivity index (χ1v) is 11.1. The first-order chi connectivity index (χ1) is 14.4. The molecule has 1 heterocycles. The van der Waals surface area contributed by atoms with E-state index in [1.165, 1.54) is 25.3 Å². The van der Waals surface area contributed by atoms with E-state index < -0.39 is 0 Å². The highest BCUT2D eigenvalue weighted by atomic mass is 35.5. The fraction of sp³-hybridized carbons (Fsp3) is 0.417. The maximum absolute atomic E-state index is 10.3. The van der Waals surface area contributed by atoms with E-state index >= 15 is 0 Å². The van der Waals surface area contributed by atoms with Gasteiger partial charge in [-0.25, -0.2) is 0 Å². The van der Waals surface area contributed by atoms with Crippen molar-refractivity contribution in [3.05, 3.63) is 70.5 Å². The summed E-state index contributed by atoms with van der Waals surface area (Å²) in [5, 5.41) is 9.28. The van der Waals surface area contributed by atoms with Gasteiger partial charge in [0.25, 0.3) is 0 Å². The van der Waals surface area contributed by atoms with Gasteiger partial charge in [0.05, 0.1) is 11.7 Å². The Kier molecular flexibility index (Phi) is 15.8. The molecule has 0 aliphatic heterocycles. The molecule has 1 unspecified atom stereocenters. The zero-order valence-electron chi connectivity index (χ0n) is 18.9. The maximum Gasteiger partial charge on any atom is 0.164 e. The second-order valence-corrected chi connectivity index (χ2v) is 7.10. The standard InChI is InChI=1S/C11H15Cl.C9H8ClN3.C2H5F.C2H6/c1-3-4-9(2)10-5-7-11(12)8-6-10;1-13-6-11-12-9(13)7-4-2-3-5-8(7)10;1-2-3;1-2/h5-9H,3-4H2,1-2H3;2-6H,1H3;2H2,1H3;1-2H3. The van der Waals surface area contributed by atoms with Crippen molar-refractivity contribution in [2.45, 2.75) is 53.4 Å². The lowest BCUT2D eigenvalue weighted by molar-refractivity contribution is 0.527. The molecule has 1 aromatic heterocycles. The first kappa shape index (κ1) is 28.1. The lowest BCUT2D eigenvalue weighted by Crippen LogP contribution is -1.91.